The van der Waals surface area contributed by atoms with Crippen LogP contribution < -0.4 is 9.46 Å². The van der Waals surface area contributed by atoms with Crippen molar-refractivity contribution in [2.75, 3.05) is 18.9 Å². The molecule has 1 amide bonds. The molecule has 0 atom stereocenters. The summed E-state index contributed by atoms with van der Waals surface area (Å²) >= 11 is 1.59. The molecule has 0 radical (unpaired) electrons. The number of amides is 1. The topological polar surface area (TPSA) is 75.7 Å². The van der Waals surface area contributed by atoms with Crippen molar-refractivity contribution in [2.45, 2.75) is 11.4 Å². The lowest BCUT2D eigenvalue weighted by Crippen LogP contribution is -2.25. The first-order valence-electron chi connectivity index (χ1n) is 8.44. The molecule has 6 nitrogen and oxygen atoms in total. The molecule has 0 unspecified atom stereocenters. The van der Waals surface area contributed by atoms with Crippen molar-refractivity contribution in [3.05, 3.63) is 76.5 Å². The normalized spacial score (nSPS) is 11.1. The lowest BCUT2D eigenvalue weighted by atomic mass is 10.2. The highest BCUT2D eigenvalue weighted by molar-refractivity contribution is 7.92. The number of sulfonamides is 1. The number of hydrogen-bond donors (Lipinski definition) is 1. The molecule has 0 saturated carbocycles. The summed E-state index contributed by atoms with van der Waals surface area (Å²) in [7, 11) is -0.467. The van der Waals surface area contributed by atoms with Crippen molar-refractivity contribution in [1.29, 1.82) is 0 Å². The third kappa shape index (κ3) is 4.71. The number of nitrogens with zero attached hydrogens (tertiary/aromatic N) is 1. The minimum atomic E-state index is -3.72. The molecule has 0 fully saturated rings. The molecule has 0 aliphatic heterocycles. The molecule has 3 aromatic rings. The van der Waals surface area contributed by atoms with Crippen molar-refractivity contribution < 1.29 is 17.9 Å². The Labute approximate surface area is 168 Å². The SMILES string of the molecule is COc1ccc(S(=O)(=O)Nc2ccc(C(=O)N(C)Cc3cccs3)cc2)cc1. The first kappa shape index (κ1) is 19.9. The van der Waals surface area contributed by atoms with Gasteiger partial charge in [0.1, 0.15) is 5.75 Å². The predicted molar refractivity (Wildman–Crippen MR) is 110 cm³/mol. The van der Waals surface area contributed by atoms with Gasteiger partial charge in [0.05, 0.1) is 18.6 Å². The smallest absolute Gasteiger partial charge is 0.261 e. The van der Waals surface area contributed by atoms with E-state index in [1.165, 1.54) is 19.2 Å². The Balaban J connectivity index is 1.68. The van der Waals surface area contributed by atoms with Crippen LogP contribution in [-0.4, -0.2) is 33.4 Å². The van der Waals surface area contributed by atoms with Crippen LogP contribution in [0.5, 0.6) is 5.75 Å². The van der Waals surface area contributed by atoms with Crippen LogP contribution in [0.15, 0.2) is 70.9 Å². The summed E-state index contributed by atoms with van der Waals surface area (Å²) in [5.74, 6) is 0.450. The van der Waals surface area contributed by atoms with Crippen molar-refractivity contribution in [2.24, 2.45) is 0 Å². The molecular weight excluding hydrogens is 396 g/mol. The van der Waals surface area contributed by atoms with Crippen LogP contribution in [0, 0.1) is 0 Å². The van der Waals surface area contributed by atoms with E-state index in [1.54, 1.807) is 59.7 Å². The number of thiophene rings is 1. The number of benzene rings is 2. The van der Waals surface area contributed by atoms with E-state index in [9.17, 15) is 13.2 Å². The Morgan fingerprint density at radius 1 is 1.07 bits per heavy atom. The Bertz CT molecular complexity index is 1030. The molecule has 8 heteroatoms. The van der Waals surface area contributed by atoms with Gasteiger partial charge in [-0.15, -0.1) is 11.3 Å². The third-order valence-electron chi connectivity index (χ3n) is 4.07. The fraction of sp³-hybridized carbons (Fsp3) is 0.150. The van der Waals surface area contributed by atoms with Crippen molar-refractivity contribution in [3.63, 3.8) is 0 Å². The zero-order valence-corrected chi connectivity index (χ0v) is 17.1. The van der Waals surface area contributed by atoms with Gasteiger partial charge >= 0.3 is 0 Å². The fourth-order valence-corrected chi connectivity index (χ4v) is 4.39. The second-order valence-electron chi connectivity index (χ2n) is 6.10. The highest BCUT2D eigenvalue weighted by Gasteiger charge is 2.16. The highest BCUT2D eigenvalue weighted by Crippen LogP contribution is 2.20. The second-order valence-corrected chi connectivity index (χ2v) is 8.81. The molecule has 0 bridgehead atoms. The molecule has 0 aliphatic rings. The highest BCUT2D eigenvalue weighted by atomic mass is 32.2. The van der Waals surface area contributed by atoms with Gasteiger partial charge in [0.15, 0.2) is 0 Å². The van der Waals surface area contributed by atoms with Crippen molar-refractivity contribution in [1.82, 2.24) is 4.90 Å². The number of nitrogens with one attached hydrogen (secondary N) is 1. The van der Waals surface area contributed by atoms with E-state index >= 15 is 0 Å². The van der Waals surface area contributed by atoms with Crippen LogP contribution in [0.4, 0.5) is 5.69 Å². The van der Waals surface area contributed by atoms with E-state index in [4.69, 9.17) is 4.74 Å². The Morgan fingerprint density at radius 3 is 2.32 bits per heavy atom. The van der Waals surface area contributed by atoms with E-state index in [-0.39, 0.29) is 10.8 Å². The summed E-state index contributed by atoms with van der Waals surface area (Å²) in [6.07, 6.45) is 0. The summed E-state index contributed by atoms with van der Waals surface area (Å²) in [6, 6.07) is 16.4. The molecule has 146 valence electrons. The Hall–Kier alpha value is -2.84. The van der Waals surface area contributed by atoms with E-state index in [0.29, 0.717) is 23.5 Å². The lowest BCUT2D eigenvalue weighted by Gasteiger charge is -2.16. The summed E-state index contributed by atoms with van der Waals surface area (Å²) < 4.78 is 32.5. The molecule has 1 heterocycles. The molecular formula is C20H20N2O4S2. The van der Waals surface area contributed by atoms with Crippen LogP contribution in [0.25, 0.3) is 0 Å². The third-order valence-corrected chi connectivity index (χ3v) is 6.33. The number of ether oxygens (including phenoxy) is 1. The zero-order valence-electron chi connectivity index (χ0n) is 15.5. The number of hydrogen-bond acceptors (Lipinski definition) is 5. The van der Waals surface area contributed by atoms with E-state index < -0.39 is 10.0 Å². The monoisotopic (exact) mass is 416 g/mol. The van der Waals surface area contributed by atoms with Gasteiger partial charge in [-0.25, -0.2) is 8.42 Å². The fourth-order valence-electron chi connectivity index (χ4n) is 2.58. The number of methoxy groups -OCH3 is 1. The number of anilines is 1. The second kappa shape index (κ2) is 8.45. The molecule has 2 aromatic carbocycles. The van der Waals surface area contributed by atoms with Crippen LogP contribution in [0.1, 0.15) is 15.2 Å². The zero-order chi connectivity index (χ0) is 20.1. The van der Waals surface area contributed by atoms with Crippen LogP contribution in [0.2, 0.25) is 0 Å². The maximum Gasteiger partial charge on any atom is 0.261 e. The minimum absolute atomic E-state index is 0.127. The maximum absolute atomic E-state index is 12.5. The van der Waals surface area contributed by atoms with Gasteiger partial charge in [-0.2, -0.15) is 0 Å². The largest absolute Gasteiger partial charge is 0.497 e. The molecule has 0 saturated heterocycles. The molecule has 0 aliphatic carbocycles. The Morgan fingerprint density at radius 2 is 1.75 bits per heavy atom. The molecule has 28 heavy (non-hydrogen) atoms. The summed E-state index contributed by atoms with van der Waals surface area (Å²) in [5.41, 5.74) is 0.875. The summed E-state index contributed by atoms with van der Waals surface area (Å²) in [4.78, 5) is 15.4. The van der Waals surface area contributed by atoms with Crippen LogP contribution in [0.3, 0.4) is 0 Å². The van der Waals surface area contributed by atoms with Crippen molar-refractivity contribution in [3.8, 4) is 5.75 Å². The van der Waals surface area contributed by atoms with Gasteiger partial charge in [0.25, 0.3) is 15.9 Å². The molecule has 1 N–H and O–H groups in total. The number of carbonyl (C=O) groups excluding carboxylic acids is 1. The van der Waals surface area contributed by atoms with Gasteiger partial charge in [0, 0.05) is 23.2 Å². The average Bonchev–Trinajstić information content (AvgIpc) is 3.21. The van der Waals surface area contributed by atoms with E-state index in [2.05, 4.69) is 4.72 Å². The summed E-state index contributed by atoms with van der Waals surface area (Å²) in [5, 5.41) is 1.97. The molecule has 1 aromatic heterocycles. The average molecular weight is 417 g/mol. The number of carbonyl (C=O) groups is 1. The number of rotatable bonds is 7. The van der Waals surface area contributed by atoms with E-state index in [1.807, 2.05) is 17.5 Å². The Kier molecular flexibility index (Phi) is 6.01. The minimum Gasteiger partial charge on any atom is -0.497 e. The van der Waals surface area contributed by atoms with Gasteiger partial charge in [0.2, 0.25) is 0 Å². The van der Waals surface area contributed by atoms with Crippen LogP contribution in [-0.2, 0) is 16.6 Å². The van der Waals surface area contributed by atoms with Gasteiger partial charge in [-0.05, 0) is 60.0 Å². The summed E-state index contributed by atoms with van der Waals surface area (Å²) in [6.45, 7) is 0.530. The standard InChI is InChI=1S/C20H20N2O4S2/c1-22(14-18-4-3-13-27-18)20(23)15-5-7-16(8-6-15)21-28(24,25)19-11-9-17(26-2)10-12-19/h3-13,21H,14H2,1-2H3. The molecule has 0 spiro atoms. The first-order chi connectivity index (χ1) is 13.4. The lowest BCUT2D eigenvalue weighted by molar-refractivity contribution is 0.0786. The van der Waals surface area contributed by atoms with Gasteiger partial charge in [-0.1, -0.05) is 6.07 Å². The van der Waals surface area contributed by atoms with Crippen molar-refractivity contribution >= 4 is 33.0 Å². The van der Waals surface area contributed by atoms with Gasteiger partial charge < -0.3 is 9.64 Å². The van der Waals surface area contributed by atoms with E-state index in [0.717, 1.165) is 4.88 Å². The first-order valence-corrected chi connectivity index (χ1v) is 10.8. The maximum atomic E-state index is 12.5. The van der Waals surface area contributed by atoms with Gasteiger partial charge in [-0.3, -0.25) is 9.52 Å². The van der Waals surface area contributed by atoms with Crippen LogP contribution >= 0.6 is 11.3 Å². The predicted octanol–water partition coefficient (Wildman–Crippen LogP) is 3.83. The molecule has 3 rings (SSSR count). The quantitative estimate of drug-likeness (QED) is 0.635.